The summed E-state index contributed by atoms with van der Waals surface area (Å²) in [5.41, 5.74) is 0. The zero-order valence-electron chi connectivity index (χ0n) is 9.31. The molecule has 0 saturated heterocycles. The maximum absolute atomic E-state index is 11.4. The molecule has 0 unspecified atom stereocenters. The molecule has 0 aliphatic carbocycles. The summed E-state index contributed by atoms with van der Waals surface area (Å²) in [5, 5.41) is 0.547. The first-order chi connectivity index (χ1) is 7.78. The van der Waals surface area contributed by atoms with Crippen LogP contribution >= 0.6 is 11.6 Å². The maximum atomic E-state index is 11.4. The first-order valence-corrected chi connectivity index (χ1v) is 6.99. The molecule has 94 valence electrons. The Morgan fingerprint density at radius 3 is 2.35 bits per heavy atom. The van der Waals surface area contributed by atoms with Crippen LogP contribution in [0.25, 0.3) is 0 Å². The highest BCUT2D eigenvalue weighted by Crippen LogP contribution is 2.16. The molecule has 17 heavy (non-hydrogen) atoms. The lowest BCUT2D eigenvalue weighted by atomic mass is 10.3. The smallest absolute Gasteiger partial charge is 0.274 e. The Labute approximate surface area is 105 Å². The van der Waals surface area contributed by atoms with Gasteiger partial charge in [0.2, 0.25) is 10.0 Å². The van der Waals surface area contributed by atoms with Crippen LogP contribution in [0.1, 0.15) is 6.92 Å². The minimum absolute atomic E-state index is 0.436. The molecule has 1 atom stereocenters. The number of benzene rings is 1. The van der Waals surface area contributed by atoms with Gasteiger partial charge >= 0.3 is 0 Å². The van der Waals surface area contributed by atoms with Gasteiger partial charge in [0.05, 0.1) is 6.26 Å². The Morgan fingerprint density at radius 2 is 1.88 bits per heavy atom. The maximum Gasteiger partial charge on any atom is 0.274 e. The molecule has 5 nitrogen and oxygen atoms in total. The van der Waals surface area contributed by atoms with Crippen molar-refractivity contribution in [3.63, 3.8) is 0 Å². The third-order valence-electron chi connectivity index (χ3n) is 1.78. The van der Waals surface area contributed by atoms with Gasteiger partial charge < -0.3 is 4.74 Å². The number of halogens is 1. The standard InChI is InChI=1S/C10H12ClNO4S/c1-7(10(13)12-17(2,14)15)16-9-5-3-8(11)4-6-9/h3-7H,1-2H3,(H,12,13)/t7-/m0/s1. The Kier molecular flexibility index (Phi) is 4.36. The first kappa shape index (κ1) is 13.8. The van der Waals surface area contributed by atoms with Crippen LogP contribution in [0.3, 0.4) is 0 Å². The van der Waals surface area contributed by atoms with Gasteiger partial charge in [0.25, 0.3) is 5.91 Å². The molecule has 0 bridgehead atoms. The van der Waals surface area contributed by atoms with Crippen molar-refractivity contribution in [3.8, 4) is 5.75 Å². The normalized spacial score (nSPS) is 12.9. The second-order valence-electron chi connectivity index (χ2n) is 3.45. The van der Waals surface area contributed by atoms with Crippen LogP contribution in [0.2, 0.25) is 5.02 Å². The van der Waals surface area contributed by atoms with E-state index < -0.39 is 22.0 Å². The van der Waals surface area contributed by atoms with E-state index in [1.807, 2.05) is 4.72 Å². The zero-order valence-corrected chi connectivity index (χ0v) is 10.9. The number of nitrogens with one attached hydrogen (secondary N) is 1. The van der Waals surface area contributed by atoms with E-state index in [9.17, 15) is 13.2 Å². The van der Waals surface area contributed by atoms with Gasteiger partial charge in [0.15, 0.2) is 6.10 Å². The van der Waals surface area contributed by atoms with Gasteiger partial charge in [-0.25, -0.2) is 8.42 Å². The number of amides is 1. The summed E-state index contributed by atoms with van der Waals surface area (Å²) in [6.45, 7) is 1.45. The van der Waals surface area contributed by atoms with E-state index in [0.717, 1.165) is 6.26 Å². The average molecular weight is 278 g/mol. The molecule has 0 aliphatic heterocycles. The Morgan fingerprint density at radius 1 is 1.35 bits per heavy atom. The van der Waals surface area contributed by atoms with Crippen LogP contribution in [0.4, 0.5) is 0 Å². The highest BCUT2D eigenvalue weighted by atomic mass is 35.5. The summed E-state index contributed by atoms with van der Waals surface area (Å²) in [6.07, 6.45) is -0.00851. The highest BCUT2D eigenvalue weighted by Gasteiger charge is 2.18. The Bertz CT molecular complexity index is 498. The van der Waals surface area contributed by atoms with Gasteiger partial charge in [-0.3, -0.25) is 9.52 Å². The molecule has 0 fully saturated rings. The number of ether oxygens (including phenoxy) is 1. The molecule has 0 radical (unpaired) electrons. The number of carbonyl (C=O) groups excluding carboxylic acids is 1. The largest absolute Gasteiger partial charge is 0.481 e. The quantitative estimate of drug-likeness (QED) is 0.897. The summed E-state index contributed by atoms with van der Waals surface area (Å²) in [5.74, 6) is -0.284. The van der Waals surface area contributed by atoms with E-state index >= 15 is 0 Å². The van der Waals surface area contributed by atoms with E-state index in [1.54, 1.807) is 24.3 Å². The lowest BCUT2D eigenvalue weighted by molar-refractivity contribution is -0.125. The topological polar surface area (TPSA) is 72.5 Å². The molecule has 0 aromatic heterocycles. The number of carbonyl (C=O) groups is 1. The third-order valence-corrected chi connectivity index (χ3v) is 2.61. The number of hydrogen-bond acceptors (Lipinski definition) is 4. The van der Waals surface area contributed by atoms with Crippen molar-refractivity contribution in [2.45, 2.75) is 13.0 Å². The van der Waals surface area contributed by atoms with E-state index in [4.69, 9.17) is 16.3 Å². The predicted octanol–water partition coefficient (Wildman–Crippen LogP) is 1.18. The van der Waals surface area contributed by atoms with Gasteiger partial charge in [-0.2, -0.15) is 0 Å². The predicted molar refractivity (Wildman–Crippen MR) is 64.5 cm³/mol. The molecule has 0 aliphatic rings. The van der Waals surface area contributed by atoms with Gasteiger partial charge in [0.1, 0.15) is 5.75 Å². The van der Waals surface area contributed by atoms with E-state index in [-0.39, 0.29) is 0 Å². The summed E-state index contributed by atoms with van der Waals surface area (Å²) in [4.78, 5) is 11.4. The Hall–Kier alpha value is -1.27. The van der Waals surface area contributed by atoms with Crippen molar-refractivity contribution in [1.29, 1.82) is 0 Å². The van der Waals surface area contributed by atoms with E-state index in [1.165, 1.54) is 6.92 Å². The molecule has 7 heteroatoms. The monoisotopic (exact) mass is 277 g/mol. The van der Waals surface area contributed by atoms with Crippen LogP contribution in [0.15, 0.2) is 24.3 Å². The van der Waals surface area contributed by atoms with Crippen molar-refractivity contribution >= 4 is 27.5 Å². The average Bonchev–Trinajstić information content (AvgIpc) is 2.19. The molecule has 1 amide bonds. The van der Waals surface area contributed by atoms with Gasteiger partial charge in [-0.1, -0.05) is 11.6 Å². The molecule has 0 heterocycles. The van der Waals surface area contributed by atoms with Crippen LogP contribution in [-0.2, 0) is 14.8 Å². The minimum Gasteiger partial charge on any atom is -0.481 e. The highest BCUT2D eigenvalue weighted by molar-refractivity contribution is 7.89. The van der Waals surface area contributed by atoms with Crippen molar-refractivity contribution in [1.82, 2.24) is 4.72 Å². The van der Waals surface area contributed by atoms with E-state index in [2.05, 4.69) is 0 Å². The lowest BCUT2D eigenvalue weighted by Crippen LogP contribution is -2.39. The first-order valence-electron chi connectivity index (χ1n) is 4.72. The van der Waals surface area contributed by atoms with Crippen LogP contribution in [0, 0.1) is 0 Å². The molecule has 1 aromatic rings. The summed E-state index contributed by atoms with van der Waals surface area (Å²) >= 11 is 5.68. The Balaban J connectivity index is 2.63. The second kappa shape index (κ2) is 5.37. The zero-order chi connectivity index (χ0) is 13.1. The fourth-order valence-electron chi connectivity index (χ4n) is 1.04. The SMILES string of the molecule is C[C@H](Oc1ccc(Cl)cc1)C(=O)NS(C)(=O)=O. The molecule has 0 saturated carbocycles. The summed E-state index contributed by atoms with van der Waals surface area (Å²) < 4.78 is 28.8. The van der Waals surface area contributed by atoms with Crippen molar-refractivity contribution < 1.29 is 17.9 Å². The van der Waals surface area contributed by atoms with Crippen LogP contribution < -0.4 is 9.46 Å². The number of sulfonamides is 1. The van der Waals surface area contributed by atoms with Gasteiger partial charge in [-0.05, 0) is 31.2 Å². The molecular weight excluding hydrogens is 266 g/mol. The van der Waals surface area contributed by atoms with Crippen LogP contribution in [0.5, 0.6) is 5.75 Å². The number of hydrogen-bond donors (Lipinski definition) is 1. The molecule has 1 aromatic carbocycles. The van der Waals surface area contributed by atoms with Gasteiger partial charge in [-0.15, -0.1) is 0 Å². The van der Waals surface area contributed by atoms with E-state index in [0.29, 0.717) is 10.8 Å². The third kappa shape index (κ3) is 5.06. The fourth-order valence-corrected chi connectivity index (χ4v) is 1.69. The second-order valence-corrected chi connectivity index (χ2v) is 5.64. The van der Waals surface area contributed by atoms with Gasteiger partial charge in [0, 0.05) is 5.02 Å². The molecule has 1 N–H and O–H groups in total. The summed E-state index contributed by atoms with van der Waals surface area (Å²) in [6, 6.07) is 6.40. The van der Waals surface area contributed by atoms with Crippen molar-refractivity contribution in [2.75, 3.05) is 6.26 Å². The van der Waals surface area contributed by atoms with Crippen molar-refractivity contribution in [2.24, 2.45) is 0 Å². The fraction of sp³-hybridized carbons (Fsp3) is 0.300. The van der Waals surface area contributed by atoms with Crippen LogP contribution in [-0.4, -0.2) is 26.7 Å². The van der Waals surface area contributed by atoms with Crippen molar-refractivity contribution in [3.05, 3.63) is 29.3 Å². The number of rotatable bonds is 4. The molecule has 1 rings (SSSR count). The molecular formula is C10H12ClNO4S. The molecule has 0 spiro atoms. The summed E-state index contributed by atoms with van der Waals surface area (Å²) in [7, 11) is -3.57. The minimum atomic E-state index is -3.57. The lowest BCUT2D eigenvalue weighted by Gasteiger charge is -2.13.